The second-order valence-electron chi connectivity index (χ2n) is 17.6. The maximum atomic E-state index is 16.8. The second-order valence-corrected chi connectivity index (χ2v) is 18.7. The second kappa shape index (κ2) is 14.6. The van der Waals surface area contributed by atoms with Gasteiger partial charge in [0, 0.05) is 22.4 Å². The van der Waals surface area contributed by atoms with Gasteiger partial charge in [0.2, 0.25) is 12.1 Å². The third-order valence-electron chi connectivity index (χ3n) is 13.0. The average molecular weight is 808 g/mol. The number of carbonyl (C=O) groups is 2. The number of likely N-dealkylation sites (tertiary alicyclic amines) is 1. The summed E-state index contributed by atoms with van der Waals surface area (Å²) in [6.07, 6.45) is 6.91. The highest BCUT2D eigenvalue weighted by atomic mass is 32.1. The molecule has 2 saturated heterocycles. The molecule has 0 spiro atoms. The van der Waals surface area contributed by atoms with Crippen LogP contribution in [0.1, 0.15) is 114 Å². The Kier molecular flexibility index (Phi) is 9.75. The summed E-state index contributed by atoms with van der Waals surface area (Å²) >= 11 is 1.78. The molecular formula is C44H51BFN5O6S. The van der Waals surface area contributed by atoms with E-state index in [4.69, 9.17) is 23.8 Å². The number of hydrogen-bond donors (Lipinski definition) is 2. The van der Waals surface area contributed by atoms with Gasteiger partial charge in [0.05, 0.1) is 57.9 Å². The number of nitrogens with one attached hydrogen (secondary N) is 2. The number of nitrogens with zero attached hydrogens (tertiary/aromatic N) is 3. The number of ether oxygens (including phenoxy) is 2. The minimum Gasteiger partial charge on any atom is -0.464 e. The lowest BCUT2D eigenvalue weighted by atomic mass is 9.78. The Morgan fingerprint density at radius 2 is 1.74 bits per heavy atom. The molecule has 2 amide bonds. The van der Waals surface area contributed by atoms with Crippen molar-refractivity contribution in [2.75, 3.05) is 13.7 Å². The Balaban J connectivity index is 1.08. The van der Waals surface area contributed by atoms with E-state index < -0.39 is 42.5 Å². The Labute approximate surface area is 342 Å². The van der Waals surface area contributed by atoms with Crippen LogP contribution in [0.15, 0.2) is 54.7 Å². The summed E-state index contributed by atoms with van der Waals surface area (Å²) in [5, 5.41) is 3.64. The van der Waals surface area contributed by atoms with Crippen LogP contribution in [-0.2, 0) is 18.8 Å². The van der Waals surface area contributed by atoms with Crippen molar-refractivity contribution in [2.24, 2.45) is 5.92 Å². The number of H-pyrrole nitrogens is 1. The van der Waals surface area contributed by atoms with Crippen molar-refractivity contribution in [3.63, 3.8) is 0 Å². The zero-order valence-electron chi connectivity index (χ0n) is 34.2. The number of aromatic nitrogens is 3. The number of methoxy groups -OCH3 is 1. The van der Waals surface area contributed by atoms with Gasteiger partial charge in [-0.05, 0) is 107 Å². The van der Waals surface area contributed by atoms with Gasteiger partial charge in [0.25, 0.3) is 0 Å². The topological polar surface area (TPSA) is 120 Å². The minimum atomic E-state index is -0.745. The Bertz CT molecular complexity index is 2380. The number of rotatable bonds is 8. The molecule has 3 aliphatic heterocycles. The van der Waals surface area contributed by atoms with Crippen LogP contribution in [-0.4, -0.2) is 69.5 Å². The van der Waals surface area contributed by atoms with Crippen molar-refractivity contribution >= 4 is 46.8 Å². The maximum Gasteiger partial charge on any atom is 0.494 e. The van der Waals surface area contributed by atoms with Crippen molar-refractivity contribution in [1.29, 1.82) is 0 Å². The normalized spacial score (nSPS) is 21.7. The van der Waals surface area contributed by atoms with Gasteiger partial charge in [-0.25, -0.2) is 14.2 Å². The fourth-order valence-corrected chi connectivity index (χ4v) is 10.2. The quantitative estimate of drug-likeness (QED) is 0.150. The summed E-state index contributed by atoms with van der Waals surface area (Å²) < 4.78 is 43.4. The molecule has 3 unspecified atom stereocenters. The van der Waals surface area contributed by atoms with Crippen molar-refractivity contribution < 1.29 is 32.8 Å². The van der Waals surface area contributed by atoms with E-state index in [9.17, 15) is 9.59 Å². The molecule has 2 aromatic carbocycles. The monoisotopic (exact) mass is 807 g/mol. The highest BCUT2D eigenvalue weighted by Gasteiger charge is 2.52. The number of carbonyl (C=O) groups excluding carboxylic acids is 2. The molecule has 304 valence electrons. The molecule has 3 aromatic heterocycles. The van der Waals surface area contributed by atoms with E-state index in [0.717, 1.165) is 33.4 Å². The number of amides is 2. The van der Waals surface area contributed by atoms with E-state index in [1.54, 1.807) is 22.4 Å². The molecule has 0 radical (unpaired) electrons. The number of hydrogen-bond acceptors (Lipinski definition) is 8. The standard InChI is InChI=1S/C44H51BFN5O6S/c1-24(2)38(49-42(53)54-7)40(52)50-18-10-13-32(50)39-47-23-30(48-39)26-20-29(46)37-33-21-27-19-28(45-56-43(3,4)44(5,6)57-45)14-15-31(27)51(33)41(55-34(37)22-26)36-17-16-35(58-36)25-11-8-9-12-25/h14-17,19-25,32,38,41H,8-13,18H2,1-7H3,(H,47,48)(H,49,53). The lowest BCUT2D eigenvalue weighted by molar-refractivity contribution is -0.135. The molecule has 9 rings (SSSR count). The van der Waals surface area contributed by atoms with Crippen LogP contribution in [0, 0.1) is 11.7 Å². The smallest absolute Gasteiger partial charge is 0.464 e. The molecule has 5 aromatic rings. The molecule has 2 N–H and O–H groups in total. The molecule has 6 heterocycles. The van der Waals surface area contributed by atoms with E-state index >= 15 is 4.39 Å². The number of thiophene rings is 1. The van der Waals surface area contributed by atoms with Gasteiger partial charge in [0.15, 0.2) is 0 Å². The fourth-order valence-electron chi connectivity index (χ4n) is 9.04. The van der Waals surface area contributed by atoms with Crippen molar-refractivity contribution in [3.8, 4) is 28.3 Å². The van der Waals surface area contributed by atoms with E-state index in [1.165, 1.54) is 43.7 Å². The van der Waals surface area contributed by atoms with Crippen LogP contribution in [0.2, 0.25) is 0 Å². The van der Waals surface area contributed by atoms with E-state index in [1.807, 2.05) is 59.7 Å². The fraction of sp³-hybridized carbons (Fsp3) is 0.477. The largest absolute Gasteiger partial charge is 0.494 e. The predicted molar refractivity (Wildman–Crippen MR) is 223 cm³/mol. The van der Waals surface area contributed by atoms with Gasteiger partial charge >= 0.3 is 13.2 Å². The van der Waals surface area contributed by atoms with E-state index in [-0.39, 0.29) is 17.9 Å². The van der Waals surface area contributed by atoms with Crippen molar-refractivity contribution in [2.45, 2.75) is 115 Å². The van der Waals surface area contributed by atoms with Crippen molar-refractivity contribution in [1.82, 2.24) is 24.8 Å². The summed E-state index contributed by atoms with van der Waals surface area (Å²) in [6, 6.07) is 15.0. The van der Waals surface area contributed by atoms with E-state index in [0.29, 0.717) is 47.3 Å². The molecule has 0 bridgehead atoms. The zero-order chi connectivity index (χ0) is 40.7. The molecule has 1 saturated carbocycles. The Morgan fingerprint density at radius 3 is 2.47 bits per heavy atom. The van der Waals surface area contributed by atoms with Gasteiger partial charge in [-0.2, -0.15) is 0 Å². The van der Waals surface area contributed by atoms with Crippen LogP contribution in [0.25, 0.3) is 33.4 Å². The summed E-state index contributed by atoms with van der Waals surface area (Å²) in [6.45, 7) is 12.5. The Hall–Kier alpha value is -4.66. The molecular weight excluding hydrogens is 756 g/mol. The predicted octanol–water partition coefficient (Wildman–Crippen LogP) is 8.84. The van der Waals surface area contributed by atoms with Crippen LogP contribution >= 0.6 is 11.3 Å². The third kappa shape index (κ3) is 6.61. The van der Waals surface area contributed by atoms with Crippen molar-refractivity contribution in [3.05, 3.63) is 76.1 Å². The number of aromatic amines is 1. The summed E-state index contributed by atoms with van der Waals surface area (Å²) in [7, 11) is 0.751. The Morgan fingerprint density at radius 1 is 1.00 bits per heavy atom. The first-order valence-electron chi connectivity index (χ1n) is 20.5. The van der Waals surface area contributed by atoms with Gasteiger partial charge < -0.3 is 34.0 Å². The maximum absolute atomic E-state index is 16.8. The zero-order valence-corrected chi connectivity index (χ0v) is 35.0. The summed E-state index contributed by atoms with van der Waals surface area (Å²) in [5.74, 6) is 0.851. The first-order chi connectivity index (χ1) is 27.7. The average Bonchev–Trinajstić information content (AvgIpc) is 4.04. The number of fused-ring (bicyclic) bond motifs is 5. The molecule has 3 fully saturated rings. The van der Waals surface area contributed by atoms with Crippen LogP contribution in [0.4, 0.5) is 9.18 Å². The molecule has 58 heavy (non-hydrogen) atoms. The van der Waals surface area contributed by atoms with Crippen LogP contribution < -0.4 is 15.5 Å². The lowest BCUT2D eigenvalue weighted by Crippen LogP contribution is -2.51. The molecule has 1 aliphatic carbocycles. The number of benzene rings is 2. The third-order valence-corrected chi connectivity index (χ3v) is 14.2. The SMILES string of the molecule is COC(=O)NC(C(=O)N1CCCC1c1ncc(-c2cc(F)c3c(c2)OC(c2ccc(C4CCCC4)s2)n2c-3cc3cc(B4OC(C)(C)C(C)(C)O4)ccc32)[nH]1)C(C)C. The van der Waals surface area contributed by atoms with E-state index in [2.05, 4.69) is 39.1 Å². The van der Waals surface area contributed by atoms with Gasteiger partial charge in [-0.15, -0.1) is 11.3 Å². The molecule has 3 atom stereocenters. The van der Waals surface area contributed by atoms with Gasteiger partial charge in [0.1, 0.15) is 23.4 Å². The van der Waals surface area contributed by atoms with Crippen LogP contribution in [0.5, 0.6) is 5.75 Å². The first-order valence-corrected chi connectivity index (χ1v) is 21.4. The van der Waals surface area contributed by atoms with Gasteiger partial charge in [-0.1, -0.05) is 38.8 Å². The van der Waals surface area contributed by atoms with Gasteiger partial charge in [-0.3, -0.25) is 9.36 Å². The summed E-state index contributed by atoms with van der Waals surface area (Å²) in [4.78, 5) is 38.2. The highest BCUT2D eigenvalue weighted by molar-refractivity contribution is 7.12. The molecule has 14 heteroatoms. The van der Waals surface area contributed by atoms with Crippen LogP contribution in [0.3, 0.4) is 0 Å². The number of alkyl carbamates (subject to hydrolysis) is 1. The first kappa shape index (κ1) is 38.8. The highest BCUT2D eigenvalue weighted by Crippen LogP contribution is 2.49. The molecule has 11 nitrogen and oxygen atoms in total. The molecule has 4 aliphatic rings. The lowest BCUT2D eigenvalue weighted by Gasteiger charge is -2.32. The minimum absolute atomic E-state index is 0.151. The number of imidazole rings is 1. The summed E-state index contributed by atoms with van der Waals surface area (Å²) in [5.41, 5.74) is 3.20. The number of halogens is 1.